The molecule has 2 saturated carbocycles. The molecule has 0 heterocycles. The Balaban J connectivity index is 2.37. The van der Waals surface area contributed by atoms with Gasteiger partial charge in [0.15, 0.2) is 0 Å². The van der Waals surface area contributed by atoms with Gasteiger partial charge in [0.25, 0.3) is 0 Å². The first-order valence-electron chi connectivity index (χ1n) is 6.86. The summed E-state index contributed by atoms with van der Waals surface area (Å²) in [5.41, 5.74) is -0.816. The van der Waals surface area contributed by atoms with Gasteiger partial charge in [-0.3, -0.25) is 4.79 Å². The fourth-order valence-corrected chi connectivity index (χ4v) is 4.32. The molecule has 0 aromatic rings. The van der Waals surface area contributed by atoms with E-state index in [2.05, 4.69) is 13.5 Å². The second-order valence-corrected chi connectivity index (χ2v) is 6.41. The van der Waals surface area contributed by atoms with Crippen molar-refractivity contribution in [2.75, 3.05) is 0 Å². The van der Waals surface area contributed by atoms with Gasteiger partial charge < -0.3 is 10.2 Å². The summed E-state index contributed by atoms with van der Waals surface area (Å²) >= 11 is 0. The Morgan fingerprint density at radius 3 is 2.37 bits per heavy atom. The van der Waals surface area contributed by atoms with E-state index in [-0.39, 0.29) is 22.7 Å². The number of aliphatic carboxylic acids is 1. The summed E-state index contributed by atoms with van der Waals surface area (Å²) < 4.78 is 0. The molecule has 106 valence electrons. The van der Waals surface area contributed by atoms with Gasteiger partial charge in [0.1, 0.15) is 5.78 Å². The first-order valence-corrected chi connectivity index (χ1v) is 6.86. The second kappa shape index (κ2) is 4.44. The molecular weight excluding hydrogens is 244 g/mol. The van der Waals surface area contributed by atoms with E-state index in [1.54, 1.807) is 0 Å². The molecule has 0 aromatic heterocycles. The molecule has 0 saturated heterocycles. The molecule has 19 heavy (non-hydrogen) atoms. The Labute approximate surface area is 113 Å². The van der Waals surface area contributed by atoms with E-state index in [0.717, 1.165) is 19.3 Å². The molecule has 0 aliphatic heterocycles. The lowest BCUT2D eigenvalue weighted by Gasteiger charge is -2.50. The van der Waals surface area contributed by atoms with Gasteiger partial charge in [-0.2, -0.15) is 0 Å². The third-order valence-electron chi connectivity index (χ3n) is 5.62. The third kappa shape index (κ3) is 1.84. The van der Waals surface area contributed by atoms with Crippen molar-refractivity contribution < 1.29 is 19.8 Å². The molecule has 4 nitrogen and oxygen atoms in total. The van der Waals surface area contributed by atoms with Crippen molar-refractivity contribution in [1.82, 2.24) is 0 Å². The van der Waals surface area contributed by atoms with Crippen LogP contribution in [-0.4, -0.2) is 28.1 Å². The van der Waals surface area contributed by atoms with Crippen LogP contribution in [0, 0.1) is 16.7 Å². The van der Waals surface area contributed by atoms with Crippen LogP contribution in [0.4, 0.5) is 0 Å². The van der Waals surface area contributed by atoms with Gasteiger partial charge in [-0.15, -0.1) is 0 Å². The van der Waals surface area contributed by atoms with Crippen LogP contribution in [0.3, 0.4) is 0 Å². The number of carboxylic acid groups (broad SMARTS) is 1. The van der Waals surface area contributed by atoms with Crippen LogP contribution in [0.2, 0.25) is 0 Å². The summed E-state index contributed by atoms with van der Waals surface area (Å²) in [5, 5.41) is 19.4. The van der Waals surface area contributed by atoms with Crippen LogP contribution >= 0.6 is 0 Å². The van der Waals surface area contributed by atoms with E-state index in [0.29, 0.717) is 12.8 Å². The van der Waals surface area contributed by atoms with E-state index in [4.69, 9.17) is 5.11 Å². The molecular formula is C15H22O4. The first kappa shape index (κ1) is 14.3. The van der Waals surface area contributed by atoms with Crippen LogP contribution in [-0.2, 0) is 9.59 Å². The normalized spacial score (nSPS) is 41.6. The Bertz CT molecular complexity index is 441. The van der Waals surface area contributed by atoms with Gasteiger partial charge in [-0.05, 0) is 50.4 Å². The highest BCUT2D eigenvalue weighted by Crippen LogP contribution is 2.63. The maximum Gasteiger partial charge on any atom is 0.331 e. The maximum absolute atomic E-state index is 12.2. The zero-order chi connectivity index (χ0) is 14.4. The molecule has 0 aromatic carbocycles. The molecule has 0 unspecified atom stereocenters. The zero-order valence-electron chi connectivity index (χ0n) is 11.6. The molecule has 2 aliphatic rings. The number of hydrogen-bond acceptors (Lipinski definition) is 3. The molecule has 2 fully saturated rings. The second-order valence-electron chi connectivity index (χ2n) is 6.41. The Morgan fingerprint density at radius 2 is 1.84 bits per heavy atom. The highest BCUT2D eigenvalue weighted by molar-refractivity contribution is 5.88. The molecule has 0 amide bonds. The van der Waals surface area contributed by atoms with Gasteiger partial charge in [0.05, 0.1) is 11.5 Å². The largest absolute Gasteiger partial charge is 0.478 e. The Kier molecular flexibility index (Phi) is 3.33. The number of ketones is 1. The lowest BCUT2D eigenvalue weighted by Crippen LogP contribution is -2.52. The topological polar surface area (TPSA) is 74.6 Å². The molecule has 0 spiro atoms. The molecule has 2 aliphatic carbocycles. The first-order chi connectivity index (χ1) is 8.74. The number of carbonyl (C=O) groups is 2. The van der Waals surface area contributed by atoms with E-state index < -0.39 is 17.5 Å². The number of aliphatic hydroxyl groups is 1. The number of hydrogen-bond donors (Lipinski definition) is 2. The molecule has 4 atom stereocenters. The number of Topliss-reactive ketones (excluding diaryl/α,β-unsaturated/α-hetero) is 1. The fraction of sp³-hybridized carbons (Fsp3) is 0.733. The van der Waals surface area contributed by atoms with E-state index in [1.165, 1.54) is 6.92 Å². The Hall–Kier alpha value is -1.16. The predicted octanol–water partition coefficient (Wildman–Crippen LogP) is 2.16. The van der Waals surface area contributed by atoms with Crippen molar-refractivity contribution in [3.8, 4) is 0 Å². The fourth-order valence-electron chi connectivity index (χ4n) is 4.32. The van der Waals surface area contributed by atoms with Gasteiger partial charge in [0.2, 0.25) is 0 Å². The zero-order valence-corrected chi connectivity index (χ0v) is 11.6. The van der Waals surface area contributed by atoms with Crippen molar-refractivity contribution in [2.24, 2.45) is 16.7 Å². The molecule has 0 radical (unpaired) electrons. The average molecular weight is 266 g/mol. The minimum Gasteiger partial charge on any atom is -0.478 e. The third-order valence-corrected chi connectivity index (χ3v) is 5.62. The summed E-state index contributed by atoms with van der Waals surface area (Å²) in [4.78, 5) is 23.3. The van der Waals surface area contributed by atoms with E-state index in [9.17, 15) is 14.7 Å². The number of rotatable bonds is 3. The molecule has 2 N–H and O–H groups in total. The van der Waals surface area contributed by atoms with Crippen LogP contribution in [0.1, 0.15) is 46.0 Å². The summed E-state index contributed by atoms with van der Waals surface area (Å²) in [6, 6.07) is 0. The van der Waals surface area contributed by atoms with Crippen molar-refractivity contribution in [3.05, 3.63) is 12.2 Å². The highest BCUT2D eigenvalue weighted by Gasteiger charge is 2.62. The van der Waals surface area contributed by atoms with Gasteiger partial charge in [-0.1, -0.05) is 13.5 Å². The summed E-state index contributed by atoms with van der Waals surface area (Å²) in [7, 11) is 0. The average Bonchev–Trinajstić information content (AvgIpc) is 2.61. The molecule has 0 bridgehead atoms. The highest BCUT2D eigenvalue weighted by atomic mass is 16.4. The smallest absolute Gasteiger partial charge is 0.331 e. The number of carbonyl (C=O) groups excluding carboxylic acids is 1. The minimum absolute atomic E-state index is 0.0112. The summed E-state index contributed by atoms with van der Waals surface area (Å²) in [6.45, 7) is 7.22. The van der Waals surface area contributed by atoms with E-state index in [1.807, 2.05) is 0 Å². The summed E-state index contributed by atoms with van der Waals surface area (Å²) in [6.07, 6.45) is 2.75. The summed E-state index contributed by atoms with van der Waals surface area (Å²) in [5.74, 6) is -1.22. The monoisotopic (exact) mass is 266 g/mol. The van der Waals surface area contributed by atoms with Crippen LogP contribution in [0.5, 0.6) is 0 Å². The molecule has 4 heteroatoms. The quantitative estimate of drug-likeness (QED) is 0.768. The lowest BCUT2D eigenvalue weighted by atomic mass is 9.53. The number of fused-ring (bicyclic) bond motifs is 1. The molecule has 2 rings (SSSR count). The number of carboxylic acids is 1. The van der Waals surface area contributed by atoms with Gasteiger partial charge in [0, 0.05) is 5.57 Å². The van der Waals surface area contributed by atoms with Gasteiger partial charge in [-0.25, -0.2) is 4.79 Å². The number of aliphatic hydroxyl groups excluding tert-OH is 1. The van der Waals surface area contributed by atoms with Gasteiger partial charge >= 0.3 is 5.97 Å². The predicted molar refractivity (Wildman–Crippen MR) is 70.6 cm³/mol. The van der Waals surface area contributed by atoms with Crippen LogP contribution in [0.15, 0.2) is 12.2 Å². The van der Waals surface area contributed by atoms with Crippen molar-refractivity contribution in [1.29, 1.82) is 0 Å². The van der Waals surface area contributed by atoms with Crippen molar-refractivity contribution in [3.63, 3.8) is 0 Å². The maximum atomic E-state index is 12.2. The van der Waals surface area contributed by atoms with Crippen molar-refractivity contribution >= 4 is 11.8 Å². The minimum atomic E-state index is -1.00. The lowest BCUT2D eigenvalue weighted by molar-refractivity contribution is -0.148. The van der Waals surface area contributed by atoms with Crippen molar-refractivity contribution in [2.45, 2.75) is 52.1 Å². The Morgan fingerprint density at radius 1 is 1.26 bits per heavy atom. The van der Waals surface area contributed by atoms with Crippen LogP contribution in [0.25, 0.3) is 0 Å². The van der Waals surface area contributed by atoms with E-state index >= 15 is 0 Å². The van der Waals surface area contributed by atoms with Crippen LogP contribution < -0.4 is 0 Å². The standard InChI is InChI=1S/C15H22O4/c1-9(13(18)19)11-4-6-14(3)7-5-12(17)15(14,8-11)10(2)16/h11-12,17H,1,4-8H2,2-3H3,(H,18,19)/t11-,12-,14+,15+/m1/s1. The SMILES string of the molecule is C=C(C(=O)O)[C@@H]1CC[C@@]2(C)CC[C@@H](O)[C@@]2(C(C)=O)C1.